The molecule has 0 bridgehead atoms. The Labute approximate surface area is 172 Å². The molecule has 0 amide bonds. The van der Waals surface area contributed by atoms with Crippen molar-refractivity contribution in [2.24, 2.45) is 4.99 Å². The van der Waals surface area contributed by atoms with Crippen molar-refractivity contribution in [1.29, 1.82) is 0 Å². The van der Waals surface area contributed by atoms with Crippen LogP contribution in [-0.2, 0) is 9.84 Å². The van der Waals surface area contributed by atoms with Gasteiger partial charge in [0.15, 0.2) is 15.8 Å². The van der Waals surface area contributed by atoms with Gasteiger partial charge in [0.1, 0.15) is 5.82 Å². The maximum Gasteiger partial charge on any atom is 0.193 e. The van der Waals surface area contributed by atoms with Gasteiger partial charge in [-0.1, -0.05) is 30.3 Å². The summed E-state index contributed by atoms with van der Waals surface area (Å²) in [6.07, 6.45) is 0.492. The minimum atomic E-state index is -3.27. The molecule has 0 aliphatic carbocycles. The number of anilines is 1. The number of hydrogen-bond donors (Lipinski definition) is 1. The summed E-state index contributed by atoms with van der Waals surface area (Å²) in [7, 11) is -1.55. The van der Waals surface area contributed by atoms with Gasteiger partial charge in [0.25, 0.3) is 0 Å². The highest BCUT2D eigenvalue weighted by atomic mass is 32.2. The Hall–Kier alpha value is -2.61. The molecule has 6 nitrogen and oxygen atoms in total. The minimum Gasteiger partial charge on any atom is -0.366 e. The SMILES string of the molecule is CN=C(NCCCS(=O)(=O)c1ccccc1)N1CCN(c2ccccc2F)CC1. The standard InChI is InChI=1S/C21H27FN4O2S/c1-23-21(24-12-7-17-29(27,28)18-8-3-2-4-9-18)26-15-13-25(14-16-26)20-11-6-5-10-19(20)22/h2-6,8-11H,7,12-17H2,1H3,(H,23,24). The highest BCUT2D eigenvalue weighted by Gasteiger charge is 2.21. The number of piperazine rings is 1. The van der Waals surface area contributed by atoms with Crippen molar-refractivity contribution in [3.8, 4) is 0 Å². The number of hydrogen-bond acceptors (Lipinski definition) is 4. The zero-order valence-electron chi connectivity index (χ0n) is 16.6. The average Bonchev–Trinajstić information content (AvgIpc) is 2.75. The first-order valence-electron chi connectivity index (χ1n) is 9.74. The van der Waals surface area contributed by atoms with Crippen LogP contribution in [0, 0.1) is 5.82 Å². The lowest BCUT2D eigenvalue weighted by molar-refractivity contribution is 0.371. The van der Waals surface area contributed by atoms with Crippen LogP contribution in [0.5, 0.6) is 0 Å². The van der Waals surface area contributed by atoms with Crippen molar-refractivity contribution in [2.75, 3.05) is 50.4 Å². The van der Waals surface area contributed by atoms with Crippen LogP contribution in [0.2, 0.25) is 0 Å². The van der Waals surface area contributed by atoms with Crippen LogP contribution in [-0.4, -0.2) is 64.8 Å². The van der Waals surface area contributed by atoms with E-state index in [0.29, 0.717) is 36.6 Å². The number of para-hydroxylation sites is 1. The molecule has 156 valence electrons. The third-order valence-corrected chi connectivity index (χ3v) is 6.78. The Morgan fingerprint density at radius 2 is 1.69 bits per heavy atom. The molecule has 0 saturated carbocycles. The van der Waals surface area contributed by atoms with E-state index in [1.54, 1.807) is 49.5 Å². The molecule has 8 heteroatoms. The van der Waals surface area contributed by atoms with E-state index >= 15 is 0 Å². The van der Waals surface area contributed by atoms with Crippen molar-refractivity contribution in [1.82, 2.24) is 10.2 Å². The van der Waals surface area contributed by atoms with Crippen molar-refractivity contribution in [3.63, 3.8) is 0 Å². The number of rotatable bonds is 6. The second-order valence-corrected chi connectivity index (χ2v) is 8.99. The number of halogens is 1. The van der Waals surface area contributed by atoms with Gasteiger partial charge >= 0.3 is 0 Å². The second-order valence-electron chi connectivity index (χ2n) is 6.88. The van der Waals surface area contributed by atoms with Crippen LogP contribution < -0.4 is 10.2 Å². The summed E-state index contributed by atoms with van der Waals surface area (Å²) in [5.74, 6) is 0.626. The topological polar surface area (TPSA) is 65.0 Å². The van der Waals surface area contributed by atoms with Gasteiger partial charge in [0.2, 0.25) is 0 Å². The van der Waals surface area contributed by atoms with Gasteiger partial charge in [-0.2, -0.15) is 0 Å². The summed E-state index contributed by atoms with van der Waals surface area (Å²) < 4.78 is 38.7. The first kappa shape index (κ1) is 21.1. The maximum atomic E-state index is 14.0. The molecule has 1 heterocycles. The molecule has 2 aromatic carbocycles. The second kappa shape index (κ2) is 9.73. The molecule has 1 aliphatic heterocycles. The molecule has 0 aromatic heterocycles. The van der Waals surface area contributed by atoms with Crippen LogP contribution in [0.3, 0.4) is 0 Å². The molecule has 1 N–H and O–H groups in total. The molecule has 0 radical (unpaired) electrons. The van der Waals surface area contributed by atoms with Crippen molar-refractivity contribution in [2.45, 2.75) is 11.3 Å². The van der Waals surface area contributed by atoms with Crippen LogP contribution in [0.25, 0.3) is 0 Å². The van der Waals surface area contributed by atoms with E-state index in [9.17, 15) is 12.8 Å². The summed E-state index contributed by atoms with van der Waals surface area (Å²) in [5.41, 5.74) is 0.626. The predicted octanol–water partition coefficient (Wildman–Crippen LogP) is 2.39. The van der Waals surface area contributed by atoms with Crippen molar-refractivity contribution < 1.29 is 12.8 Å². The van der Waals surface area contributed by atoms with Crippen molar-refractivity contribution >= 4 is 21.5 Å². The monoisotopic (exact) mass is 418 g/mol. The Morgan fingerprint density at radius 1 is 1.03 bits per heavy atom. The predicted molar refractivity (Wildman–Crippen MR) is 115 cm³/mol. The zero-order chi connectivity index (χ0) is 20.7. The van der Waals surface area contributed by atoms with Gasteiger partial charge in [-0.05, 0) is 30.7 Å². The minimum absolute atomic E-state index is 0.0854. The van der Waals surface area contributed by atoms with Crippen LogP contribution in [0.1, 0.15) is 6.42 Å². The molecule has 2 aromatic rings. The summed E-state index contributed by atoms with van der Waals surface area (Å²) in [4.78, 5) is 8.81. The molecule has 0 spiro atoms. The largest absolute Gasteiger partial charge is 0.366 e. The maximum absolute atomic E-state index is 14.0. The lowest BCUT2D eigenvalue weighted by Gasteiger charge is -2.37. The van der Waals surface area contributed by atoms with E-state index in [0.717, 1.165) is 19.0 Å². The van der Waals surface area contributed by atoms with Crippen LogP contribution in [0.4, 0.5) is 10.1 Å². The molecule has 1 fully saturated rings. The smallest absolute Gasteiger partial charge is 0.193 e. The van der Waals surface area contributed by atoms with Crippen molar-refractivity contribution in [3.05, 3.63) is 60.4 Å². The van der Waals surface area contributed by atoms with E-state index in [1.165, 1.54) is 6.07 Å². The Morgan fingerprint density at radius 3 is 2.34 bits per heavy atom. The van der Waals surface area contributed by atoms with Gasteiger partial charge in [-0.25, -0.2) is 12.8 Å². The number of sulfone groups is 1. The molecular weight excluding hydrogens is 391 g/mol. The summed E-state index contributed by atoms with van der Waals surface area (Å²) in [6.45, 7) is 3.35. The summed E-state index contributed by atoms with van der Waals surface area (Å²) >= 11 is 0. The average molecular weight is 419 g/mol. The normalized spacial score (nSPS) is 15.4. The molecule has 3 rings (SSSR count). The molecule has 0 unspecified atom stereocenters. The fourth-order valence-corrected chi connectivity index (χ4v) is 4.74. The van der Waals surface area contributed by atoms with E-state index in [-0.39, 0.29) is 11.6 Å². The molecular formula is C21H27FN4O2S. The molecule has 1 saturated heterocycles. The summed E-state index contributed by atoms with van der Waals surface area (Å²) in [5, 5.41) is 3.25. The highest BCUT2D eigenvalue weighted by Crippen LogP contribution is 2.20. The quantitative estimate of drug-likeness (QED) is 0.443. The number of nitrogens with one attached hydrogen (secondary N) is 1. The number of aliphatic imine (C=N–C) groups is 1. The third kappa shape index (κ3) is 5.47. The Balaban J connectivity index is 1.46. The zero-order valence-corrected chi connectivity index (χ0v) is 17.4. The van der Waals surface area contributed by atoms with Gasteiger partial charge in [0.05, 0.1) is 16.3 Å². The van der Waals surface area contributed by atoms with Gasteiger partial charge in [0, 0.05) is 39.8 Å². The Bertz CT molecular complexity index is 927. The van der Waals surface area contributed by atoms with E-state index in [2.05, 4.69) is 15.2 Å². The van der Waals surface area contributed by atoms with Gasteiger partial charge < -0.3 is 15.1 Å². The molecule has 29 heavy (non-hydrogen) atoms. The number of benzene rings is 2. The fraction of sp³-hybridized carbons (Fsp3) is 0.381. The fourth-order valence-electron chi connectivity index (χ4n) is 3.41. The van der Waals surface area contributed by atoms with E-state index in [4.69, 9.17) is 0 Å². The van der Waals surface area contributed by atoms with Gasteiger partial charge in [-0.15, -0.1) is 0 Å². The number of guanidine groups is 1. The first-order chi connectivity index (χ1) is 14.0. The Kier molecular flexibility index (Phi) is 7.09. The third-order valence-electron chi connectivity index (χ3n) is 4.96. The molecule has 1 aliphatic rings. The summed E-state index contributed by atoms with van der Waals surface area (Å²) in [6, 6.07) is 15.3. The van der Waals surface area contributed by atoms with E-state index < -0.39 is 9.84 Å². The lowest BCUT2D eigenvalue weighted by Crippen LogP contribution is -2.52. The van der Waals surface area contributed by atoms with Crippen LogP contribution in [0.15, 0.2) is 64.5 Å². The number of nitrogens with zero attached hydrogens (tertiary/aromatic N) is 3. The van der Waals surface area contributed by atoms with E-state index in [1.807, 2.05) is 11.0 Å². The first-order valence-corrected chi connectivity index (χ1v) is 11.4. The van der Waals surface area contributed by atoms with Gasteiger partial charge in [-0.3, -0.25) is 4.99 Å². The highest BCUT2D eigenvalue weighted by molar-refractivity contribution is 7.91. The lowest BCUT2D eigenvalue weighted by atomic mass is 10.2. The molecule has 0 atom stereocenters. The van der Waals surface area contributed by atoms with Crippen LogP contribution >= 0.6 is 0 Å².